The molecule has 0 aromatic carbocycles. The minimum atomic E-state index is 0.292. The lowest BCUT2D eigenvalue weighted by molar-refractivity contribution is 0.0546. The summed E-state index contributed by atoms with van der Waals surface area (Å²) in [6, 6.07) is 6.31. The third-order valence-corrected chi connectivity index (χ3v) is 3.10. The summed E-state index contributed by atoms with van der Waals surface area (Å²) in [5, 5.41) is 3.47. The van der Waals surface area contributed by atoms with Crippen LogP contribution in [0, 0.1) is 0 Å². The monoisotopic (exact) mass is 220 g/mol. The molecule has 0 aliphatic carbocycles. The zero-order valence-corrected chi connectivity index (χ0v) is 10.0. The molecular weight excluding hydrogens is 200 g/mol. The van der Waals surface area contributed by atoms with Crippen LogP contribution in [0.25, 0.3) is 0 Å². The molecule has 3 unspecified atom stereocenters. The van der Waals surface area contributed by atoms with Crippen LogP contribution in [0.2, 0.25) is 0 Å². The van der Waals surface area contributed by atoms with Gasteiger partial charge in [-0.15, -0.1) is 0 Å². The molecule has 16 heavy (non-hydrogen) atoms. The summed E-state index contributed by atoms with van der Waals surface area (Å²) in [6.07, 6.45) is 4.99. The van der Waals surface area contributed by atoms with Crippen LogP contribution >= 0.6 is 0 Å². The van der Waals surface area contributed by atoms with Gasteiger partial charge in [0, 0.05) is 18.8 Å². The number of hydrogen-bond acceptors (Lipinski definition) is 3. The largest absolute Gasteiger partial charge is 0.374 e. The fourth-order valence-corrected chi connectivity index (χ4v) is 2.08. The molecule has 3 heteroatoms. The van der Waals surface area contributed by atoms with Gasteiger partial charge in [-0.05, 0) is 38.8 Å². The van der Waals surface area contributed by atoms with E-state index in [0.717, 1.165) is 12.2 Å². The molecule has 0 spiro atoms. The highest BCUT2D eigenvalue weighted by Gasteiger charge is 2.21. The minimum Gasteiger partial charge on any atom is -0.374 e. The maximum Gasteiger partial charge on any atom is 0.0704 e. The van der Waals surface area contributed by atoms with Crippen LogP contribution in [0.5, 0.6) is 0 Å². The molecule has 0 saturated carbocycles. The highest BCUT2D eigenvalue weighted by Crippen LogP contribution is 2.19. The SMILES string of the molecule is CC1CCC(CNC(C)c2ccccn2)O1. The van der Waals surface area contributed by atoms with Gasteiger partial charge in [-0.25, -0.2) is 0 Å². The standard InChI is InChI=1S/C13H20N2O/c1-10-6-7-12(16-10)9-15-11(2)13-5-3-4-8-14-13/h3-5,8,10-12,15H,6-7,9H2,1-2H3. The second-order valence-electron chi connectivity index (χ2n) is 4.53. The van der Waals surface area contributed by atoms with Gasteiger partial charge in [-0.2, -0.15) is 0 Å². The minimum absolute atomic E-state index is 0.292. The van der Waals surface area contributed by atoms with Gasteiger partial charge < -0.3 is 10.1 Å². The van der Waals surface area contributed by atoms with Crippen molar-refractivity contribution in [2.24, 2.45) is 0 Å². The van der Waals surface area contributed by atoms with E-state index < -0.39 is 0 Å². The van der Waals surface area contributed by atoms with Crippen LogP contribution in [0.1, 0.15) is 38.4 Å². The molecule has 1 fully saturated rings. The van der Waals surface area contributed by atoms with Crippen molar-refractivity contribution < 1.29 is 4.74 Å². The summed E-state index contributed by atoms with van der Waals surface area (Å²) >= 11 is 0. The molecule has 0 amide bonds. The second-order valence-corrected chi connectivity index (χ2v) is 4.53. The average Bonchev–Trinajstić information content (AvgIpc) is 2.73. The van der Waals surface area contributed by atoms with Crippen LogP contribution in [0.3, 0.4) is 0 Å². The molecule has 1 aromatic heterocycles. The predicted molar refractivity (Wildman–Crippen MR) is 64.2 cm³/mol. The van der Waals surface area contributed by atoms with E-state index in [1.807, 2.05) is 18.3 Å². The molecule has 88 valence electrons. The fourth-order valence-electron chi connectivity index (χ4n) is 2.08. The molecule has 1 aromatic rings. The van der Waals surface area contributed by atoms with E-state index in [4.69, 9.17) is 4.74 Å². The van der Waals surface area contributed by atoms with Crippen LogP contribution in [0.4, 0.5) is 0 Å². The number of nitrogens with zero attached hydrogens (tertiary/aromatic N) is 1. The Labute approximate surface area is 97.2 Å². The van der Waals surface area contributed by atoms with Crippen LogP contribution in [-0.4, -0.2) is 23.7 Å². The van der Waals surface area contributed by atoms with Gasteiger partial charge in [0.1, 0.15) is 0 Å². The van der Waals surface area contributed by atoms with Crippen molar-refractivity contribution in [3.63, 3.8) is 0 Å². The van der Waals surface area contributed by atoms with Crippen LogP contribution in [-0.2, 0) is 4.74 Å². The average molecular weight is 220 g/mol. The van der Waals surface area contributed by atoms with Gasteiger partial charge in [0.15, 0.2) is 0 Å². The predicted octanol–water partition coefficient (Wildman–Crippen LogP) is 2.30. The van der Waals surface area contributed by atoms with Crippen molar-refractivity contribution in [3.05, 3.63) is 30.1 Å². The van der Waals surface area contributed by atoms with Crippen molar-refractivity contribution >= 4 is 0 Å². The summed E-state index contributed by atoms with van der Waals surface area (Å²) < 4.78 is 5.76. The van der Waals surface area contributed by atoms with Crippen molar-refractivity contribution in [1.29, 1.82) is 0 Å². The van der Waals surface area contributed by atoms with Crippen LogP contribution < -0.4 is 5.32 Å². The fraction of sp³-hybridized carbons (Fsp3) is 0.615. The van der Waals surface area contributed by atoms with E-state index in [1.165, 1.54) is 12.8 Å². The third-order valence-electron chi connectivity index (χ3n) is 3.10. The topological polar surface area (TPSA) is 34.2 Å². The summed E-state index contributed by atoms with van der Waals surface area (Å²) in [4.78, 5) is 4.34. The lowest BCUT2D eigenvalue weighted by Crippen LogP contribution is -2.29. The van der Waals surface area contributed by atoms with E-state index in [0.29, 0.717) is 18.2 Å². The Morgan fingerprint density at radius 1 is 1.50 bits per heavy atom. The lowest BCUT2D eigenvalue weighted by Gasteiger charge is -2.17. The number of rotatable bonds is 4. The number of aromatic nitrogens is 1. The van der Waals surface area contributed by atoms with Gasteiger partial charge >= 0.3 is 0 Å². The van der Waals surface area contributed by atoms with Crippen molar-refractivity contribution in [2.45, 2.75) is 44.9 Å². The molecule has 2 rings (SSSR count). The van der Waals surface area contributed by atoms with Crippen molar-refractivity contribution in [1.82, 2.24) is 10.3 Å². The van der Waals surface area contributed by atoms with E-state index >= 15 is 0 Å². The van der Waals surface area contributed by atoms with Gasteiger partial charge in [-0.3, -0.25) is 4.98 Å². The molecule has 3 atom stereocenters. The number of hydrogen-bond donors (Lipinski definition) is 1. The first-order chi connectivity index (χ1) is 7.75. The molecule has 1 saturated heterocycles. The quantitative estimate of drug-likeness (QED) is 0.845. The Hall–Kier alpha value is -0.930. The molecule has 0 bridgehead atoms. The van der Waals surface area contributed by atoms with Gasteiger partial charge in [0.25, 0.3) is 0 Å². The molecule has 2 heterocycles. The number of ether oxygens (including phenoxy) is 1. The number of nitrogens with one attached hydrogen (secondary N) is 1. The smallest absolute Gasteiger partial charge is 0.0704 e. The van der Waals surface area contributed by atoms with Gasteiger partial charge in [-0.1, -0.05) is 6.07 Å². The Kier molecular flexibility index (Phi) is 3.91. The first kappa shape index (κ1) is 11.6. The highest BCUT2D eigenvalue weighted by atomic mass is 16.5. The molecule has 1 aliphatic rings. The molecule has 1 aliphatic heterocycles. The maximum atomic E-state index is 5.76. The normalized spacial score (nSPS) is 26.9. The molecular formula is C13H20N2O. The molecule has 3 nitrogen and oxygen atoms in total. The third kappa shape index (κ3) is 3.03. The van der Waals surface area contributed by atoms with Crippen molar-refractivity contribution in [2.75, 3.05) is 6.54 Å². The van der Waals surface area contributed by atoms with Crippen LogP contribution in [0.15, 0.2) is 24.4 Å². The van der Waals surface area contributed by atoms with E-state index in [-0.39, 0.29) is 0 Å². The zero-order valence-electron chi connectivity index (χ0n) is 10.0. The van der Waals surface area contributed by atoms with E-state index in [9.17, 15) is 0 Å². The van der Waals surface area contributed by atoms with Gasteiger partial charge in [0.2, 0.25) is 0 Å². The first-order valence-electron chi connectivity index (χ1n) is 6.05. The Morgan fingerprint density at radius 2 is 2.38 bits per heavy atom. The van der Waals surface area contributed by atoms with E-state index in [1.54, 1.807) is 0 Å². The Bertz CT molecular complexity index is 315. The summed E-state index contributed by atoms with van der Waals surface area (Å²) in [6.45, 7) is 5.20. The first-order valence-corrected chi connectivity index (χ1v) is 6.05. The highest BCUT2D eigenvalue weighted by molar-refractivity contribution is 5.07. The summed E-state index contributed by atoms with van der Waals surface area (Å²) in [5.41, 5.74) is 1.09. The van der Waals surface area contributed by atoms with E-state index in [2.05, 4.69) is 30.2 Å². The van der Waals surface area contributed by atoms with Crippen molar-refractivity contribution in [3.8, 4) is 0 Å². The zero-order chi connectivity index (χ0) is 11.4. The lowest BCUT2D eigenvalue weighted by atomic mass is 10.2. The summed E-state index contributed by atoms with van der Waals surface area (Å²) in [7, 11) is 0. The second kappa shape index (κ2) is 5.41. The summed E-state index contributed by atoms with van der Waals surface area (Å²) in [5.74, 6) is 0. The van der Waals surface area contributed by atoms with Gasteiger partial charge in [0.05, 0.1) is 17.9 Å². The number of pyridine rings is 1. The Balaban J connectivity index is 1.78. The Morgan fingerprint density at radius 3 is 3.00 bits per heavy atom. The molecule has 1 N–H and O–H groups in total. The molecule has 0 radical (unpaired) electrons. The maximum absolute atomic E-state index is 5.76.